The molecule has 0 saturated heterocycles. The third kappa shape index (κ3) is 2.11. The van der Waals surface area contributed by atoms with Gasteiger partial charge in [0.15, 0.2) is 6.54 Å². The van der Waals surface area contributed by atoms with E-state index in [1.165, 1.54) is 0 Å². The Morgan fingerprint density at radius 3 is 3.18 bits per heavy atom. The fourth-order valence-corrected chi connectivity index (χ4v) is 0.828. The number of hydrogen-bond donors (Lipinski definition) is 1. The van der Waals surface area contributed by atoms with Crippen LogP contribution in [-0.4, -0.2) is 4.98 Å². The molecule has 0 fully saturated rings. The molecule has 0 aliphatic heterocycles. The average Bonchev–Trinajstić information content (AvgIpc) is 2.03. The minimum atomic E-state index is 0.316. The maximum absolute atomic E-state index is 6.42. The van der Waals surface area contributed by atoms with Gasteiger partial charge in [-0.3, -0.25) is 0 Å². The Hall–Kier alpha value is -1.25. The van der Waals surface area contributed by atoms with E-state index < -0.39 is 0 Å². The molecule has 0 atom stereocenters. The molecule has 56 valence electrons. The number of aromatic nitrogens is 1. The Kier molecular flexibility index (Phi) is 2.72. The summed E-state index contributed by atoms with van der Waals surface area (Å²) in [5, 5.41) is 3.89. The Morgan fingerprint density at radius 2 is 2.55 bits per heavy atom. The van der Waals surface area contributed by atoms with Gasteiger partial charge in [-0.1, -0.05) is 17.7 Å². The van der Waals surface area contributed by atoms with Crippen molar-refractivity contribution in [3.05, 3.63) is 29.0 Å². The van der Waals surface area contributed by atoms with Crippen molar-refractivity contribution in [1.29, 1.82) is 5.53 Å². The molecular weight excluding hydrogens is 164 g/mol. The van der Waals surface area contributed by atoms with Crippen molar-refractivity contribution < 1.29 is 0 Å². The number of nitrogens with zero attached hydrogens (tertiary/aromatic N) is 3. The predicted octanol–water partition coefficient (Wildman–Crippen LogP) is 1.79. The summed E-state index contributed by atoms with van der Waals surface area (Å²) in [5.74, 6) is 0. The van der Waals surface area contributed by atoms with Gasteiger partial charge in [0.1, 0.15) is 15.8 Å². The molecule has 1 rings (SSSR count). The van der Waals surface area contributed by atoms with Gasteiger partial charge >= 0.3 is 0 Å². The van der Waals surface area contributed by atoms with E-state index in [4.69, 9.17) is 17.1 Å². The van der Waals surface area contributed by atoms with Gasteiger partial charge in [0, 0.05) is 11.8 Å². The molecule has 0 aromatic carbocycles. The van der Waals surface area contributed by atoms with Crippen LogP contribution >= 0.6 is 11.6 Å². The zero-order chi connectivity index (χ0) is 8.10. The molecule has 5 heteroatoms. The van der Waals surface area contributed by atoms with Gasteiger partial charge in [-0.25, -0.2) is 4.98 Å². The van der Waals surface area contributed by atoms with Gasteiger partial charge in [-0.05, 0) is 6.07 Å². The van der Waals surface area contributed by atoms with Gasteiger partial charge in [-0.15, -0.1) is 0 Å². The first kappa shape index (κ1) is 7.85. The van der Waals surface area contributed by atoms with Crippen molar-refractivity contribution in [1.82, 2.24) is 9.90 Å². The van der Waals surface area contributed by atoms with Crippen molar-refractivity contribution in [2.45, 2.75) is 6.54 Å². The smallest absolute Gasteiger partial charge is 0.214 e. The van der Waals surface area contributed by atoms with Crippen LogP contribution < -0.4 is 4.91 Å². The van der Waals surface area contributed by atoms with Gasteiger partial charge in [-0.2, -0.15) is 0 Å². The van der Waals surface area contributed by atoms with Crippen molar-refractivity contribution in [2.24, 2.45) is 5.11 Å². The van der Waals surface area contributed by atoms with Crippen molar-refractivity contribution in [2.75, 3.05) is 0 Å². The molecular formula is C6H6ClN4+. The van der Waals surface area contributed by atoms with Gasteiger partial charge < -0.3 is 0 Å². The maximum atomic E-state index is 6.42. The summed E-state index contributed by atoms with van der Waals surface area (Å²) < 4.78 is 0. The van der Waals surface area contributed by atoms with Crippen LogP contribution in [0.4, 0.5) is 0 Å². The van der Waals surface area contributed by atoms with Crippen LogP contribution in [0.2, 0.25) is 5.15 Å². The second-order valence-electron chi connectivity index (χ2n) is 1.85. The molecule has 1 aromatic heterocycles. The zero-order valence-corrected chi connectivity index (χ0v) is 6.41. The van der Waals surface area contributed by atoms with Crippen LogP contribution in [-0.2, 0) is 6.54 Å². The number of nitrogens with one attached hydrogen (secondary N) is 1. The first-order valence-electron chi connectivity index (χ1n) is 2.97. The van der Waals surface area contributed by atoms with E-state index in [1.54, 1.807) is 18.3 Å². The summed E-state index contributed by atoms with van der Waals surface area (Å²) in [6.45, 7) is 0.316. The average molecular weight is 170 g/mol. The largest absolute Gasteiger partial charge is 0.244 e. The van der Waals surface area contributed by atoms with E-state index in [0.717, 1.165) is 5.56 Å². The van der Waals surface area contributed by atoms with Crippen LogP contribution in [0.1, 0.15) is 5.56 Å². The predicted molar refractivity (Wildman–Crippen MR) is 40.2 cm³/mol. The molecule has 11 heavy (non-hydrogen) atoms. The van der Waals surface area contributed by atoms with Gasteiger partial charge in [0.05, 0.1) is 0 Å². The molecule has 0 bridgehead atoms. The highest BCUT2D eigenvalue weighted by Gasteiger charge is 2.00. The molecule has 0 radical (unpaired) electrons. The first-order valence-corrected chi connectivity index (χ1v) is 3.35. The second kappa shape index (κ2) is 3.81. The first-order chi connectivity index (χ1) is 5.34. The summed E-state index contributed by atoms with van der Waals surface area (Å²) in [7, 11) is 0. The molecule has 1 aromatic rings. The summed E-state index contributed by atoms with van der Waals surface area (Å²) in [6, 6.07) is 3.56. The highest BCUT2D eigenvalue weighted by atomic mass is 35.5. The monoisotopic (exact) mass is 169 g/mol. The Bertz CT molecular complexity index is 292. The lowest BCUT2D eigenvalue weighted by Crippen LogP contribution is -1.85. The summed E-state index contributed by atoms with van der Waals surface area (Å²) in [5.41, 5.74) is 7.20. The second-order valence-corrected chi connectivity index (χ2v) is 2.21. The minimum absolute atomic E-state index is 0.316. The summed E-state index contributed by atoms with van der Waals surface area (Å²) in [4.78, 5) is 6.70. The molecule has 0 amide bonds. The van der Waals surface area contributed by atoms with Crippen molar-refractivity contribution in [3.63, 3.8) is 0 Å². The van der Waals surface area contributed by atoms with E-state index in [-0.39, 0.29) is 0 Å². The van der Waals surface area contributed by atoms with Crippen molar-refractivity contribution in [3.8, 4) is 0 Å². The Morgan fingerprint density at radius 1 is 1.73 bits per heavy atom. The van der Waals surface area contributed by atoms with Crippen LogP contribution in [0.5, 0.6) is 0 Å². The highest BCUT2D eigenvalue weighted by Crippen LogP contribution is 2.11. The van der Waals surface area contributed by atoms with E-state index in [9.17, 15) is 0 Å². The van der Waals surface area contributed by atoms with Crippen LogP contribution in [0.15, 0.2) is 23.4 Å². The Labute approximate surface area is 68.5 Å². The number of pyridine rings is 1. The van der Waals surface area contributed by atoms with Gasteiger partial charge in [0.2, 0.25) is 4.91 Å². The molecule has 0 aliphatic rings. The third-order valence-electron chi connectivity index (χ3n) is 1.15. The van der Waals surface area contributed by atoms with Crippen molar-refractivity contribution >= 4 is 11.6 Å². The zero-order valence-electron chi connectivity index (χ0n) is 5.66. The van der Waals surface area contributed by atoms with E-state index >= 15 is 0 Å². The number of hydrogen-bond acceptors (Lipinski definition) is 3. The fourth-order valence-electron chi connectivity index (χ4n) is 0.649. The standard InChI is InChI=1S/C6H6ClN4/c7-6-5(4-10-11-8)2-1-3-9-6/h1-3,8H,4H2/q+1. The fraction of sp³-hybridized carbons (Fsp3) is 0.167. The minimum Gasteiger partial charge on any atom is -0.244 e. The number of rotatable bonds is 2. The molecule has 1 heterocycles. The Balaban J connectivity index is 2.85. The number of halogens is 1. The molecule has 4 nitrogen and oxygen atoms in total. The lowest BCUT2D eigenvalue weighted by Gasteiger charge is -1.92. The summed E-state index contributed by atoms with van der Waals surface area (Å²) >= 11 is 5.69. The normalized spacial score (nSPS) is 8.82. The lowest BCUT2D eigenvalue weighted by atomic mass is 10.3. The molecule has 0 aliphatic carbocycles. The quantitative estimate of drug-likeness (QED) is 0.410. The molecule has 0 unspecified atom stereocenters. The molecule has 1 N–H and O–H groups in total. The topological polar surface area (TPSA) is 63.2 Å². The van der Waals surface area contributed by atoms with Gasteiger partial charge in [0.25, 0.3) is 0 Å². The van der Waals surface area contributed by atoms with E-state index in [2.05, 4.69) is 15.0 Å². The van der Waals surface area contributed by atoms with E-state index in [1.807, 2.05) is 0 Å². The maximum Gasteiger partial charge on any atom is 0.214 e. The van der Waals surface area contributed by atoms with E-state index in [0.29, 0.717) is 11.7 Å². The SMILES string of the molecule is N=[N+]=NCc1cccnc1Cl. The van der Waals surface area contributed by atoms with Crippen LogP contribution in [0, 0.1) is 5.53 Å². The molecule has 0 spiro atoms. The molecule has 0 saturated carbocycles. The van der Waals surface area contributed by atoms with Crippen LogP contribution in [0.25, 0.3) is 0 Å². The van der Waals surface area contributed by atoms with Crippen LogP contribution in [0.3, 0.4) is 0 Å². The highest BCUT2D eigenvalue weighted by molar-refractivity contribution is 6.30. The lowest BCUT2D eigenvalue weighted by molar-refractivity contribution is 0.854. The summed E-state index contributed by atoms with van der Waals surface area (Å²) in [6.07, 6.45) is 1.60. The third-order valence-corrected chi connectivity index (χ3v) is 1.49.